The van der Waals surface area contributed by atoms with E-state index in [0.29, 0.717) is 0 Å². The summed E-state index contributed by atoms with van der Waals surface area (Å²) >= 11 is 0. The number of hydrogen-bond acceptors (Lipinski definition) is 2. The van der Waals surface area contributed by atoms with E-state index in [-0.39, 0.29) is 18.7 Å². The lowest BCUT2D eigenvalue weighted by Gasteiger charge is -2.16. The van der Waals surface area contributed by atoms with Crippen molar-refractivity contribution in [2.24, 2.45) is 0 Å². The number of alkyl halides is 2. The molecule has 1 aromatic carbocycles. The van der Waals surface area contributed by atoms with E-state index in [1.165, 1.54) is 12.1 Å². The van der Waals surface area contributed by atoms with E-state index < -0.39 is 12.5 Å². The van der Waals surface area contributed by atoms with Gasteiger partial charge in [0.1, 0.15) is 0 Å². The molecule has 0 amide bonds. The van der Waals surface area contributed by atoms with Crippen molar-refractivity contribution in [3.63, 3.8) is 0 Å². The van der Waals surface area contributed by atoms with Crippen LogP contribution >= 0.6 is 0 Å². The van der Waals surface area contributed by atoms with Gasteiger partial charge in [-0.15, -0.1) is 0 Å². The molecule has 0 aliphatic heterocycles. The van der Waals surface area contributed by atoms with E-state index >= 15 is 0 Å². The number of aliphatic hydroxyl groups excluding tert-OH is 1. The minimum absolute atomic E-state index is 0.00885. The van der Waals surface area contributed by atoms with Gasteiger partial charge in [0.2, 0.25) is 0 Å². The Balaban J connectivity index is 2.56. The van der Waals surface area contributed by atoms with Crippen LogP contribution in [0.1, 0.15) is 5.56 Å². The zero-order valence-corrected chi connectivity index (χ0v) is 7.71. The van der Waals surface area contributed by atoms with Crippen molar-refractivity contribution in [2.75, 3.05) is 19.7 Å². The van der Waals surface area contributed by atoms with E-state index in [0.717, 1.165) is 0 Å². The highest BCUT2D eigenvalue weighted by molar-refractivity contribution is 5.20. The molecule has 2 N–H and O–H groups in total. The van der Waals surface area contributed by atoms with Crippen LogP contribution in [0.4, 0.5) is 8.78 Å². The molecule has 0 aliphatic carbocycles. The number of rotatable bonds is 5. The predicted octanol–water partition coefficient (Wildman–Crippen LogP) is 1.36. The van der Waals surface area contributed by atoms with E-state index in [4.69, 9.17) is 5.11 Å². The van der Waals surface area contributed by atoms with Crippen LogP contribution in [0.5, 0.6) is 0 Å². The van der Waals surface area contributed by atoms with Gasteiger partial charge in [-0.25, -0.2) is 0 Å². The Bertz CT molecular complexity index is 264. The molecule has 0 unspecified atom stereocenters. The Kier molecular flexibility index (Phi) is 3.98. The maximum absolute atomic E-state index is 13.3. The van der Waals surface area contributed by atoms with Crippen molar-refractivity contribution in [1.82, 2.24) is 5.32 Å². The summed E-state index contributed by atoms with van der Waals surface area (Å²) in [6.07, 6.45) is 0. The molecule has 2 nitrogen and oxygen atoms in total. The average Bonchev–Trinajstić information content (AvgIpc) is 2.19. The first kappa shape index (κ1) is 11.1. The quantitative estimate of drug-likeness (QED) is 0.705. The van der Waals surface area contributed by atoms with Gasteiger partial charge in [0.25, 0.3) is 5.92 Å². The van der Waals surface area contributed by atoms with Gasteiger partial charge >= 0.3 is 0 Å². The molecule has 14 heavy (non-hydrogen) atoms. The Hall–Kier alpha value is -1.00. The molecule has 0 heterocycles. The van der Waals surface area contributed by atoms with Crippen LogP contribution in [0.15, 0.2) is 30.3 Å². The van der Waals surface area contributed by atoms with Gasteiger partial charge in [0.05, 0.1) is 13.2 Å². The fraction of sp³-hybridized carbons (Fsp3) is 0.400. The lowest BCUT2D eigenvalue weighted by atomic mass is 10.1. The summed E-state index contributed by atoms with van der Waals surface area (Å²) in [6, 6.07) is 7.63. The van der Waals surface area contributed by atoms with Gasteiger partial charge in [-0.3, -0.25) is 0 Å². The second kappa shape index (κ2) is 5.02. The minimum atomic E-state index is -2.88. The Labute approximate surface area is 81.6 Å². The summed E-state index contributed by atoms with van der Waals surface area (Å²) in [7, 11) is 0. The minimum Gasteiger partial charge on any atom is -0.395 e. The maximum Gasteiger partial charge on any atom is 0.285 e. The van der Waals surface area contributed by atoms with E-state index in [9.17, 15) is 8.78 Å². The van der Waals surface area contributed by atoms with Crippen LogP contribution in [-0.4, -0.2) is 24.8 Å². The van der Waals surface area contributed by atoms with Gasteiger partial charge in [-0.1, -0.05) is 30.3 Å². The highest BCUT2D eigenvalue weighted by Gasteiger charge is 2.30. The first-order valence-electron chi connectivity index (χ1n) is 4.42. The fourth-order valence-corrected chi connectivity index (χ4v) is 1.11. The molecule has 0 aliphatic rings. The topological polar surface area (TPSA) is 32.3 Å². The Morgan fingerprint density at radius 3 is 2.43 bits per heavy atom. The van der Waals surface area contributed by atoms with Gasteiger partial charge in [-0.2, -0.15) is 8.78 Å². The molecule has 0 atom stereocenters. The second-order valence-electron chi connectivity index (χ2n) is 2.97. The summed E-state index contributed by atoms with van der Waals surface area (Å²) in [5, 5.41) is 10.9. The van der Waals surface area contributed by atoms with E-state index in [2.05, 4.69) is 5.32 Å². The van der Waals surface area contributed by atoms with Crippen molar-refractivity contribution in [3.8, 4) is 0 Å². The van der Waals surface area contributed by atoms with Crippen molar-refractivity contribution in [2.45, 2.75) is 5.92 Å². The summed E-state index contributed by atoms with van der Waals surface area (Å²) < 4.78 is 26.7. The molecule has 1 rings (SSSR count). The fourth-order valence-electron chi connectivity index (χ4n) is 1.11. The van der Waals surface area contributed by atoms with Crippen molar-refractivity contribution < 1.29 is 13.9 Å². The van der Waals surface area contributed by atoms with Gasteiger partial charge < -0.3 is 10.4 Å². The van der Waals surface area contributed by atoms with E-state index in [1.807, 2.05) is 0 Å². The van der Waals surface area contributed by atoms with Gasteiger partial charge in [0, 0.05) is 12.1 Å². The van der Waals surface area contributed by atoms with Gasteiger partial charge in [-0.05, 0) is 0 Å². The van der Waals surface area contributed by atoms with Crippen molar-refractivity contribution in [3.05, 3.63) is 35.9 Å². The number of halogens is 2. The third kappa shape index (κ3) is 3.05. The van der Waals surface area contributed by atoms with Crippen LogP contribution in [-0.2, 0) is 5.92 Å². The number of nitrogens with one attached hydrogen (secondary N) is 1. The van der Waals surface area contributed by atoms with Crippen LogP contribution in [0.3, 0.4) is 0 Å². The summed E-state index contributed by atoms with van der Waals surface area (Å²) in [4.78, 5) is 0. The van der Waals surface area contributed by atoms with Crippen molar-refractivity contribution in [1.29, 1.82) is 0 Å². The summed E-state index contributed by atoms with van der Waals surface area (Å²) in [6.45, 7) is -0.398. The molecule has 0 radical (unpaired) electrons. The van der Waals surface area contributed by atoms with Crippen LogP contribution in [0.2, 0.25) is 0 Å². The number of benzene rings is 1. The van der Waals surface area contributed by atoms with E-state index in [1.54, 1.807) is 18.2 Å². The smallest absolute Gasteiger partial charge is 0.285 e. The molecule has 0 spiro atoms. The van der Waals surface area contributed by atoms with Crippen molar-refractivity contribution >= 4 is 0 Å². The Morgan fingerprint density at radius 1 is 1.21 bits per heavy atom. The lowest BCUT2D eigenvalue weighted by Crippen LogP contribution is -2.32. The molecular weight excluding hydrogens is 188 g/mol. The largest absolute Gasteiger partial charge is 0.395 e. The number of hydrogen-bond donors (Lipinski definition) is 2. The first-order valence-corrected chi connectivity index (χ1v) is 4.42. The van der Waals surface area contributed by atoms with Crippen LogP contribution in [0.25, 0.3) is 0 Å². The molecule has 0 bridgehead atoms. The standard InChI is InChI=1S/C10H13F2NO/c11-10(12,8-13-6-7-14)9-4-2-1-3-5-9/h1-5,13-14H,6-8H2. The third-order valence-electron chi connectivity index (χ3n) is 1.83. The average molecular weight is 201 g/mol. The molecule has 78 valence electrons. The zero-order chi connectivity index (χ0) is 10.4. The number of aliphatic hydroxyl groups is 1. The molecular formula is C10H13F2NO. The molecule has 1 aromatic rings. The lowest BCUT2D eigenvalue weighted by molar-refractivity contribution is -0.00368. The summed E-state index contributed by atoms with van der Waals surface area (Å²) in [5.74, 6) is -2.88. The second-order valence-corrected chi connectivity index (χ2v) is 2.97. The molecule has 4 heteroatoms. The highest BCUT2D eigenvalue weighted by atomic mass is 19.3. The first-order chi connectivity index (χ1) is 6.67. The van der Waals surface area contributed by atoms with Gasteiger partial charge in [0.15, 0.2) is 0 Å². The third-order valence-corrected chi connectivity index (χ3v) is 1.83. The highest BCUT2D eigenvalue weighted by Crippen LogP contribution is 2.26. The molecule has 0 saturated carbocycles. The van der Waals surface area contributed by atoms with Crippen LogP contribution in [0, 0.1) is 0 Å². The molecule has 0 fully saturated rings. The monoisotopic (exact) mass is 201 g/mol. The molecule has 0 saturated heterocycles. The summed E-state index contributed by atoms with van der Waals surface area (Å²) in [5.41, 5.74) is -0.00885. The molecule has 0 aromatic heterocycles. The zero-order valence-electron chi connectivity index (χ0n) is 7.71. The van der Waals surface area contributed by atoms with Crippen LogP contribution < -0.4 is 5.32 Å². The SMILES string of the molecule is OCCNCC(F)(F)c1ccccc1. The maximum atomic E-state index is 13.3. The Morgan fingerprint density at radius 2 is 1.86 bits per heavy atom. The normalized spacial score (nSPS) is 11.6. The predicted molar refractivity (Wildman–Crippen MR) is 50.3 cm³/mol.